The monoisotopic (exact) mass is 354 g/mol. The third kappa shape index (κ3) is 5.16. The molecule has 0 aromatic heterocycles. The van der Waals surface area contributed by atoms with E-state index in [1.807, 2.05) is 58.0 Å². The quantitative estimate of drug-likeness (QED) is 0.838. The molecule has 0 heterocycles. The van der Waals surface area contributed by atoms with Crippen molar-refractivity contribution in [3.63, 3.8) is 0 Å². The molecular weight excluding hydrogens is 332 g/mol. The highest BCUT2D eigenvalue weighted by Gasteiger charge is 2.35. The largest absolute Gasteiger partial charge is 0.334 e. The van der Waals surface area contributed by atoms with Crippen molar-refractivity contribution in [2.75, 3.05) is 0 Å². The molecule has 1 rings (SSSR count). The number of imide groups is 1. The van der Waals surface area contributed by atoms with Crippen LogP contribution in [-0.2, 0) is 11.3 Å². The van der Waals surface area contributed by atoms with Gasteiger partial charge in [0.2, 0.25) is 5.91 Å². The van der Waals surface area contributed by atoms with Crippen LogP contribution in [0, 0.1) is 0 Å². The molecule has 0 aliphatic heterocycles. The minimum absolute atomic E-state index is 0.212. The molecule has 0 saturated heterocycles. The Morgan fingerprint density at radius 3 is 2.29 bits per heavy atom. The molecule has 4 nitrogen and oxygen atoms in total. The van der Waals surface area contributed by atoms with Crippen molar-refractivity contribution < 1.29 is 9.59 Å². The van der Waals surface area contributed by atoms with Gasteiger partial charge in [0.05, 0.1) is 4.83 Å². The van der Waals surface area contributed by atoms with Crippen molar-refractivity contribution in [2.45, 2.75) is 51.0 Å². The van der Waals surface area contributed by atoms with Gasteiger partial charge in [0, 0.05) is 12.1 Å². The minimum Gasteiger partial charge on any atom is -0.334 e. The molecule has 0 spiro atoms. The topological polar surface area (TPSA) is 49.4 Å². The lowest BCUT2D eigenvalue weighted by Gasteiger charge is -2.35. The fourth-order valence-corrected chi connectivity index (χ4v) is 2.11. The minimum atomic E-state index is -0.570. The first-order valence-electron chi connectivity index (χ1n) is 7.07. The molecule has 1 atom stereocenters. The van der Waals surface area contributed by atoms with Crippen LogP contribution in [0.25, 0.3) is 0 Å². The Hall–Kier alpha value is -1.36. The number of nitrogens with zero attached hydrogens (tertiary/aromatic N) is 1. The van der Waals surface area contributed by atoms with E-state index in [1.54, 1.807) is 0 Å². The first-order valence-corrected chi connectivity index (χ1v) is 7.98. The summed E-state index contributed by atoms with van der Waals surface area (Å²) in [6.45, 7) is 7.85. The average molecular weight is 355 g/mol. The molecule has 21 heavy (non-hydrogen) atoms. The van der Waals surface area contributed by atoms with E-state index >= 15 is 0 Å². The summed E-state index contributed by atoms with van der Waals surface area (Å²) in [5.74, 6) is -0.212. The highest BCUT2D eigenvalue weighted by Crippen LogP contribution is 2.19. The van der Waals surface area contributed by atoms with Gasteiger partial charge in [0.25, 0.3) is 0 Å². The van der Waals surface area contributed by atoms with Crippen molar-refractivity contribution >= 4 is 27.9 Å². The smallest absolute Gasteiger partial charge is 0.324 e. The molecule has 0 aliphatic rings. The molecule has 0 bridgehead atoms. The van der Waals surface area contributed by atoms with Gasteiger partial charge in [-0.3, -0.25) is 9.69 Å². The Bertz CT molecular complexity index is 483. The summed E-state index contributed by atoms with van der Waals surface area (Å²) in [6, 6.07) is 9.26. The molecule has 5 heteroatoms. The zero-order valence-electron chi connectivity index (χ0n) is 13.0. The van der Waals surface area contributed by atoms with Crippen LogP contribution in [-0.4, -0.2) is 27.2 Å². The van der Waals surface area contributed by atoms with Gasteiger partial charge < -0.3 is 5.32 Å². The molecular formula is C16H23BrN2O2. The van der Waals surface area contributed by atoms with E-state index < -0.39 is 5.54 Å². The summed E-state index contributed by atoms with van der Waals surface area (Å²) in [6.07, 6.45) is 0.636. The van der Waals surface area contributed by atoms with Gasteiger partial charge in [-0.1, -0.05) is 53.2 Å². The number of amides is 3. The van der Waals surface area contributed by atoms with Crippen molar-refractivity contribution in [3.05, 3.63) is 35.9 Å². The van der Waals surface area contributed by atoms with E-state index in [4.69, 9.17) is 0 Å². The maximum absolute atomic E-state index is 12.4. The van der Waals surface area contributed by atoms with Crippen LogP contribution in [0.2, 0.25) is 0 Å². The predicted molar refractivity (Wildman–Crippen MR) is 88.3 cm³/mol. The lowest BCUT2D eigenvalue weighted by Crippen LogP contribution is -2.55. The molecule has 1 aromatic rings. The molecule has 116 valence electrons. The SMILES string of the molecule is CCC(Br)C(=O)N(C(=O)NCc1ccccc1)C(C)(C)C. The third-order valence-electron chi connectivity index (χ3n) is 3.01. The average Bonchev–Trinajstić information content (AvgIpc) is 2.43. The Morgan fingerprint density at radius 1 is 1.24 bits per heavy atom. The van der Waals surface area contributed by atoms with Gasteiger partial charge in [0.1, 0.15) is 0 Å². The number of halogens is 1. The molecule has 0 radical (unpaired) electrons. The fourth-order valence-electron chi connectivity index (χ4n) is 1.90. The van der Waals surface area contributed by atoms with Crippen LogP contribution in [0.15, 0.2) is 30.3 Å². The molecule has 1 aromatic carbocycles. The van der Waals surface area contributed by atoms with Crippen molar-refractivity contribution in [3.8, 4) is 0 Å². The van der Waals surface area contributed by atoms with E-state index in [2.05, 4.69) is 21.2 Å². The normalized spacial score (nSPS) is 12.6. The van der Waals surface area contributed by atoms with Gasteiger partial charge in [0.15, 0.2) is 0 Å². The Labute approximate surface area is 135 Å². The number of benzene rings is 1. The second-order valence-electron chi connectivity index (χ2n) is 5.86. The number of rotatable bonds is 4. The summed E-state index contributed by atoms with van der Waals surface area (Å²) in [5, 5.41) is 2.81. The Kier molecular flexibility index (Phi) is 6.40. The third-order valence-corrected chi connectivity index (χ3v) is 4.05. The number of nitrogens with one attached hydrogen (secondary N) is 1. The van der Waals surface area contributed by atoms with Gasteiger partial charge >= 0.3 is 6.03 Å². The highest BCUT2D eigenvalue weighted by molar-refractivity contribution is 9.10. The number of hydrogen-bond acceptors (Lipinski definition) is 2. The summed E-state index contributed by atoms with van der Waals surface area (Å²) < 4.78 is 0. The van der Waals surface area contributed by atoms with Gasteiger partial charge in [-0.05, 0) is 32.8 Å². The zero-order chi connectivity index (χ0) is 16.0. The number of urea groups is 1. The fraction of sp³-hybridized carbons (Fsp3) is 0.500. The van der Waals surface area contributed by atoms with Crippen LogP contribution in [0.4, 0.5) is 4.79 Å². The maximum Gasteiger partial charge on any atom is 0.324 e. The second kappa shape index (κ2) is 7.59. The second-order valence-corrected chi connectivity index (χ2v) is 6.97. The number of hydrogen-bond donors (Lipinski definition) is 1. The van der Waals surface area contributed by atoms with Crippen molar-refractivity contribution in [1.82, 2.24) is 10.2 Å². The van der Waals surface area contributed by atoms with E-state index in [9.17, 15) is 9.59 Å². The van der Waals surface area contributed by atoms with Gasteiger partial charge in [-0.25, -0.2) is 4.79 Å². The number of carbonyl (C=O) groups excluding carboxylic acids is 2. The van der Waals surface area contributed by atoms with Crippen LogP contribution in [0.5, 0.6) is 0 Å². The molecule has 0 fully saturated rings. The lowest BCUT2D eigenvalue weighted by atomic mass is 10.1. The molecule has 1 N–H and O–H groups in total. The Balaban J connectivity index is 2.79. The lowest BCUT2D eigenvalue weighted by molar-refractivity contribution is -0.131. The first-order chi connectivity index (χ1) is 9.77. The van der Waals surface area contributed by atoms with E-state index in [0.717, 1.165) is 5.56 Å². The summed E-state index contributed by atoms with van der Waals surface area (Å²) >= 11 is 3.33. The first kappa shape index (κ1) is 17.7. The van der Waals surface area contributed by atoms with Gasteiger partial charge in [-0.15, -0.1) is 0 Å². The summed E-state index contributed by atoms with van der Waals surface area (Å²) in [7, 11) is 0. The van der Waals surface area contributed by atoms with Crippen molar-refractivity contribution in [2.24, 2.45) is 0 Å². The summed E-state index contributed by atoms with van der Waals surface area (Å²) in [5.41, 5.74) is 0.428. The maximum atomic E-state index is 12.4. The molecule has 1 unspecified atom stereocenters. The number of carbonyl (C=O) groups is 2. The van der Waals surface area contributed by atoms with E-state index in [1.165, 1.54) is 4.90 Å². The van der Waals surface area contributed by atoms with E-state index in [0.29, 0.717) is 13.0 Å². The van der Waals surface area contributed by atoms with Crippen LogP contribution >= 0.6 is 15.9 Å². The van der Waals surface area contributed by atoms with Crippen LogP contribution in [0.1, 0.15) is 39.7 Å². The zero-order valence-corrected chi connectivity index (χ0v) is 14.6. The molecule has 3 amide bonds. The van der Waals surface area contributed by atoms with E-state index in [-0.39, 0.29) is 16.8 Å². The van der Waals surface area contributed by atoms with Crippen LogP contribution < -0.4 is 5.32 Å². The molecule has 0 aliphatic carbocycles. The molecule has 0 saturated carbocycles. The van der Waals surface area contributed by atoms with Crippen LogP contribution in [0.3, 0.4) is 0 Å². The highest BCUT2D eigenvalue weighted by atomic mass is 79.9. The predicted octanol–water partition coefficient (Wildman–Crippen LogP) is 3.70. The van der Waals surface area contributed by atoms with Crippen molar-refractivity contribution in [1.29, 1.82) is 0 Å². The summed E-state index contributed by atoms with van der Waals surface area (Å²) in [4.78, 5) is 25.7. The standard InChI is InChI=1S/C16H23BrN2O2/c1-5-13(17)14(20)19(16(2,3)4)15(21)18-11-12-9-7-6-8-10-12/h6-10,13H,5,11H2,1-4H3,(H,18,21). The van der Waals surface area contributed by atoms with Gasteiger partial charge in [-0.2, -0.15) is 0 Å². The number of alkyl halides is 1. The Morgan fingerprint density at radius 2 is 1.81 bits per heavy atom.